The van der Waals surface area contributed by atoms with Gasteiger partial charge in [-0.3, -0.25) is 10.1 Å². The van der Waals surface area contributed by atoms with E-state index in [1.54, 1.807) is 19.9 Å². The minimum atomic E-state index is -0.359. The van der Waals surface area contributed by atoms with Gasteiger partial charge in [0.15, 0.2) is 11.0 Å². The zero-order valence-electron chi connectivity index (χ0n) is 13.6. The van der Waals surface area contributed by atoms with Gasteiger partial charge in [-0.15, -0.1) is 10.2 Å². The van der Waals surface area contributed by atoms with Gasteiger partial charge in [0, 0.05) is 18.7 Å². The van der Waals surface area contributed by atoms with Gasteiger partial charge in [-0.25, -0.2) is 0 Å². The highest BCUT2D eigenvalue weighted by molar-refractivity contribution is 8.00. The average Bonchev–Trinajstić information content (AvgIpc) is 3.14. The Balaban J connectivity index is 1.69. The summed E-state index contributed by atoms with van der Waals surface area (Å²) in [7, 11) is 1.88. The average molecular weight is 343 g/mol. The first-order valence-electron chi connectivity index (χ1n) is 7.40. The van der Waals surface area contributed by atoms with E-state index in [1.165, 1.54) is 11.8 Å². The van der Waals surface area contributed by atoms with E-state index in [4.69, 9.17) is 4.52 Å². The van der Waals surface area contributed by atoms with E-state index in [2.05, 4.69) is 20.7 Å². The Kier molecular flexibility index (Phi) is 4.66. The van der Waals surface area contributed by atoms with Crippen molar-refractivity contribution in [3.8, 4) is 11.4 Å². The summed E-state index contributed by atoms with van der Waals surface area (Å²) in [5.41, 5.74) is 1.69. The normalized spacial score (nSPS) is 12.1. The third-order valence-corrected chi connectivity index (χ3v) is 4.53. The van der Waals surface area contributed by atoms with E-state index in [0.29, 0.717) is 16.7 Å². The number of amides is 1. The number of anilines is 1. The molecule has 3 aromatic rings. The number of aromatic nitrogens is 4. The Morgan fingerprint density at radius 2 is 2.04 bits per heavy atom. The molecule has 3 rings (SSSR count). The van der Waals surface area contributed by atoms with Gasteiger partial charge in [-0.1, -0.05) is 47.3 Å². The van der Waals surface area contributed by atoms with Gasteiger partial charge < -0.3 is 9.09 Å². The van der Waals surface area contributed by atoms with E-state index in [1.807, 2.05) is 41.9 Å². The number of hydrogen-bond acceptors (Lipinski definition) is 6. The highest BCUT2D eigenvalue weighted by atomic mass is 32.2. The molecular formula is C16H17N5O2S. The standard InChI is InChI=1S/C16H17N5O2S/c1-10-9-13(23-20-10)17-15(22)11(2)24-16-19-18-14(21(16)3)12-7-5-4-6-8-12/h4-9,11H,1-3H3,(H,17,22)/t11-/m1/s1. The smallest absolute Gasteiger partial charge is 0.240 e. The predicted molar refractivity (Wildman–Crippen MR) is 91.6 cm³/mol. The molecule has 0 aliphatic heterocycles. The van der Waals surface area contributed by atoms with Crippen LogP contribution in [0.5, 0.6) is 0 Å². The van der Waals surface area contributed by atoms with Crippen LogP contribution in [-0.4, -0.2) is 31.1 Å². The number of nitrogens with one attached hydrogen (secondary N) is 1. The maximum absolute atomic E-state index is 12.2. The molecule has 1 atom stereocenters. The van der Waals surface area contributed by atoms with Crippen molar-refractivity contribution < 1.29 is 9.32 Å². The van der Waals surface area contributed by atoms with Crippen molar-refractivity contribution in [2.45, 2.75) is 24.3 Å². The second-order valence-corrected chi connectivity index (χ2v) is 6.62. The molecule has 7 nitrogen and oxygen atoms in total. The lowest BCUT2D eigenvalue weighted by Crippen LogP contribution is -2.22. The van der Waals surface area contributed by atoms with E-state index in [-0.39, 0.29) is 11.2 Å². The number of aryl methyl sites for hydroxylation is 1. The highest BCUT2D eigenvalue weighted by Gasteiger charge is 2.20. The largest absolute Gasteiger partial charge is 0.338 e. The van der Waals surface area contributed by atoms with Gasteiger partial charge >= 0.3 is 0 Å². The summed E-state index contributed by atoms with van der Waals surface area (Å²) < 4.78 is 6.87. The first-order chi connectivity index (χ1) is 11.5. The molecule has 2 heterocycles. The van der Waals surface area contributed by atoms with Crippen molar-refractivity contribution in [1.29, 1.82) is 0 Å². The minimum Gasteiger partial charge on any atom is -0.338 e. The lowest BCUT2D eigenvalue weighted by atomic mass is 10.2. The molecule has 0 saturated carbocycles. The monoisotopic (exact) mass is 343 g/mol. The summed E-state index contributed by atoms with van der Waals surface area (Å²) in [4.78, 5) is 12.2. The van der Waals surface area contributed by atoms with Gasteiger partial charge in [0.1, 0.15) is 0 Å². The van der Waals surface area contributed by atoms with Crippen LogP contribution in [0.15, 0.2) is 46.1 Å². The molecule has 124 valence electrons. The topological polar surface area (TPSA) is 85.8 Å². The number of hydrogen-bond donors (Lipinski definition) is 1. The van der Waals surface area contributed by atoms with Crippen LogP contribution in [-0.2, 0) is 11.8 Å². The maximum Gasteiger partial charge on any atom is 0.240 e. The molecule has 24 heavy (non-hydrogen) atoms. The Morgan fingerprint density at radius 1 is 1.29 bits per heavy atom. The van der Waals surface area contributed by atoms with E-state index >= 15 is 0 Å². The molecule has 0 aliphatic rings. The SMILES string of the molecule is Cc1cc(NC(=O)[C@@H](C)Sc2nnc(-c3ccccc3)n2C)on1. The van der Waals surface area contributed by atoms with E-state index in [0.717, 1.165) is 11.4 Å². The van der Waals surface area contributed by atoms with Crippen molar-refractivity contribution in [2.24, 2.45) is 7.05 Å². The molecule has 0 radical (unpaired) electrons. The van der Waals surface area contributed by atoms with Gasteiger partial charge in [0.2, 0.25) is 11.8 Å². The zero-order chi connectivity index (χ0) is 17.1. The van der Waals surface area contributed by atoms with Crippen molar-refractivity contribution >= 4 is 23.6 Å². The number of nitrogens with zero attached hydrogens (tertiary/aromatic N) is 4. The quantitative estimate of drug-likeness (QED) is 0.717. The molecule has 0 aliphatic carbocycles. The fraction of sp³-hybridized carbons (Fsp3) is 0.250. The molecule has 0 spiro atoms. The van der Waals surface area contributed by atoms with Crippen LogP contribution in [0, 0.1) is 6.92 Å². The Morgan fingerprint density at radius 3 is 2.71 bits per heavy atom. The van der Waals surface area contributed by atoms with Gasteiger partial charge in [-0.2, -0.15) is 0 Å². The van der Waals surface area contributed by atoms with Crippen LogP contribution in [0.2, 0.25) is 0 Å². The zero-order valence-corrected chi connectivity index (χ0v) is 14.4. The van der Waals surface area contributed by atoms with E-state index in [9.17, 15) is 4.79 Å². The second-order valence-electron chi connectivity index (χ2n) is 5.31. The first-order valence-corrected chi connectivity index (χ1v) is 8.28. The van der Waals surface area contributed by atoms with Crippen molar-refractivity contribution in [1.82, 2.24) is 19.9 Å². The summed E-state index contributed by atoms with van der Waals surface area (Å²) in [6.45, 7) is 3.60. The number of rotatable bonds is 5. The minimum absolute atomic E-state index is 0.180. The molecule has 8 heteroatoms. The summed E-state index contributed by atoms with van der Waals surface area (Å²) in [5.74, 6) is 0.921. The summed E-state index contributed by atoms with van der Waals surface area (Å²) in [6, 6.07) is 11.5. The van der Waals surface area contributed by atoms with Crippen LogP contribution in [0.1, 0.15) is 12.6 Å². The molecule has 0 unspecified atom stereocenters. The fourth-order valence-electron chi connectivity index (χ4n) is 2.11. The number of carbonyl (C=O) groups excluding carboxylic acids is 1. The van der Waals surface area contributed by atoms with Crippen molar-refractivity contribution in [3.63, 3.8) is 0 Å². The fourth-order valence-corrected chi connectivity index (χ4v) is 2.93. The summed E-state index contributed by atoms with van der Waals surface area (Å²) in [6.07, 6.45) is 0. The molecule has 0 bridgehead atoms. The number of carbonyl (C=O) groups is 1. The summed E-state index contributed by atoms with van der Waals surface area (Å²) >= 11 is 1.34. The summed E-state index contributed by atoms with van der Waals surface area (Å²) in [5, 5.41) is 15.2. The van der Waals surface area contributed by atoms with Crippen molar-refractivity contribution in [3.05, 3.63) is 42.1 Å². The number of thioether (sulfide) groups is 1. The molecule has 2 aromatic heterocycles. The lowest BCUT2D eigenvalue weighted by Gasteiger charge is -2.09. The first kappa shape index (κ1) is 16.3. The second kappa shape index (κ2) is 6.88. The maximum atomic E-state index is 12.2. The highest BCUT2D eigenvalue weighted by Crippen LogP contribution is 2.26. The third kappa shape index (κ3) is 3.48. The predicted octanol–water partition coefficient (Wildman–Crippen LogP) is 2.90. The molecular weight excluding hydrogens is 326 g/mol. The molecule has 1 N–H and O–H groups in total. The van der Waals surface area contributed by atoms with Crippen LogP contribution in [0.3, 0.4) is 0 Å². The van der Waals surface area contributed by atoms with Crippen molar-refractivity contribution in [2.75, 3.05) is 5.32 Å². The molecule has 0 fully saturated rings. The van der Waals surface area contributed by atoms with E-state index < -0.39 is 0 Å². The number of benzene rings is 1. The molecule has 0 saturated heterocycles. The Labute approximate surface area is 143 Å². The Bertz CT molecular complexity index is 843. The van der Waals surface area contributed by atoms with Crippen LogP contribution in [0.4, 0.5) is 5.88 Å². The van der Waals surface area contributed by atoms with Crippen LogP contribution in [0.25, 0.3) is 11.4 Å². The van der Waals surface area contributed by atoms with Crippen LogP contribution >= 0.6 is 11.8 Å². The third-order valence-electron chi connectivity index (χ3n) is 3.39. The Hall–Kier alpha value is -2.61. The van der Waals surface area contributed by atoms with Gasteiger partial charge in [0.25, 0.3) is 0 Å². The van der Waals surface area contributed by atoms with Gasteiger partial charge in [0.05, 0.1) is 10.9 Å². The van der Waals surface area contributed by atoms with Gasteiger partial charge in [-0.05, 0) is 13.8 Å². The molecule has 1 amide bonds. The van der Waals surface area contributed by atoms with Crippen LogP contribution < -0.4 is 5.32 Å². The molecule has 1 aromatic carbocycles. The lowest BCUT2D eigenvalue weighted by molar-refractivity contribution is -0.115.